The number of aromatic nitrogens is 1. The maximum atomic E-state index is 12.8. The van der Waals surface area contributed by atoms with Crippen molar-refractivity contribution >= 4 is 23.4 Å². The number of carbonyl (C=O) groups is 2. The third kappa shape index (κ3) is 5.64. The molecule has 0 radical (unpaired) electrons. The number of fused-ring (bicyclic) bond motifs is 1. The zero-order valence-electron chi connectivity index (χ0n) is 19.4. The second kappa shape index (κ2) is 9.95. The smallest absolute Gasteiger partial charge is 0.270 e. The summed E-state index contributed by atoms with van der Waals surface area (Å²) in [4.78, 5) is 28.6. The number of amides is 2. The monoisotopic (exact) mass is 476 g/mol. The van der Waals surface area contributed by atoms with Gasteiger partial charge in [0.05, 0.1) is 5.54 Å². The van der Waals surface area contributed by atoms with Crippen molar-refractivity contribution in [2.75, 3.05) is 0 Å². The Balaban J connectivity index is 1.35. The molecule has 176 valence electrons. The Bertz CT molecular complexity index is 1190. The third-order valence-electron chi connectivity index (χ3n) is 6.36. The van der Waals surface area contributed by atoms with Crippen LogP contribution < -0.4 is 16.4 Å². The number of nitrogens with zero attached hydrogens (tertiary/aromatic N) is 1. The summed E-state index contributed by atoms with van der Waals surface area (Å²) >= 11 is 5.95. The van der Waals surface area contributed by atoms with Crippen molar-refractivity contribution in [2.45, 2.75) is 51.2 Å². The van der Waals surface area contributed by atoms with E-state index in [9.17, 15) is 9.59 Å². The van der Waals surface area contributed by atoms with Crippen LogP contribution in [0.5, 0.6) is 0 Å². The molecule has 0 fully saturated rings. The Morgan fingerprint density at radius 2 is 1.79 bits per heavy atom. The molecule has 34 heavy (non-hydrogen) atoms. The van der Waals surface area contributed by atoms with Crippen molar-refractivity contribution in [3.8, 4) is 11.1 Å². The first-order chi connectivity index (χ1) is 16.2. The van der Waals surface area contributed by atoms with Crippen LogP contribution in [-0.2, 0) is 24.2 Å². The summed E-state index contributed by atoms with van der Waals surface area (Å²) in [6.07, 6.45) is 4.25. The fourth-order valence-electron chi connectivity index (χ4n) is 4.05. The van der Waals surface area contributed by atoms with Gasteiger partial charge in [0.15, 0.2) is 0 Å². The molecule has 0 bridgehead atoms. The van der Waals surface area contributed by atoms with Crippen LogP contribution in [0.2, 0.25) is 5.02 Å². The summed E-state index contributed by atoms with van der Waals surface area (Å²) in [6, 6.07) is 17.6. The van der Waals surface area contributed by atoms with Crippen LogP contribution in [0.4, 0.5) is 0 Å². The maximum absolute atomic E-state index is 12.8. The number of hydrogen-bond acceptors (Lipinski definition) is 4. The standard InChI is InChI=1S/C27H29ClN4O2/c1-27(2,26(29)34)31-15-17-3-4-20-14-23(11-7-19(20)13-17)32-25(33)24-12-8-21(16-30-24)18-5-9-22(28)10-6-18/h3-6,8-10,12-13,16,23,31H,7,11,14-15H2,1-2H3,(H2,29,34)(H,32,33). The van der Waals surface area contributed by atoms with Crippen LogP contribution in [0.3, 0.4) is 0 Å². The molecule has 3 aromatic rings. The highest BCUT2D eigenvalue weighted by Gasteiger charge is 2.25. The van der Waals surface area contributed by atoms with E-state index in [-0.39, 0.29) is 17.9 Å². The molecule has 0 saturated carbocycles. The lowest BCUT2D eigenvalue weighted by molar-refractivity contribution is -0.123. The average Bonchev–Trinajstić information content (AvgIpc) is 2.83. The molecule has 1 aliphatic rings. The molecule has 4 rings (SSSR count). The SMILES string of the molecule is CC(C)(NCc1ccc2c(c1)CCC(NC(=O)c1ccc(-c3ccc(Cl)cc3)cn1)C2)C(N)=O. The number of aryl methyl sites for hydroxylation is 1. The second-order valence-electron chi connectivity index (χ2n) is 9.30. The summed E-state index contributed by atoms with van der Waals surface area (Å²) < 4.78 is 0. The van der Waals surface area contributed by atoms with Gasteiger partial charge < -0.3 is 11.1 Å². The van der Waals surface area contributed by atoms with Gasteiger partial charge in [-0.1, -0.05) is 48.0 Å². The molecule has 7 heteroatoms. The number of benzene rings is 2. The minimum absolute atomic E-state index is 0.0653. The van der Waals surface area contributed by atoms with E-state index < -0.39 is 5.54 Å². The van der Waals surface area contributed by atoms with Gasteiger partial charge in [0.2, 0.25) is 5.91 Å². The van der Waals surface area contributed by atoms with Crippen molar-refractivity contribution in [2.24, 2.45) is 5.73 Å². The molecule has 2 amide bonds. The van der Waals surface area contributed by atoms with Gasteiger partial charge in [-0.05, 0) is 73.6 Å². The van der Waals surface area contributed by atoms with Crippen LogP contribution in [0, 0.1) is 0 Å². The lowest BCUT2D eigenvalue weighted by Crippen LogP contribution is -2.50. The maximum Gasteiger partial charge on any atom is 0.270 e. The summed E-state index contributed by atoms with van der Waals surface area (Å²) in [5.74, 6) is -0.538. The zero-order valence-corrected chi connectivity index (χ0v) is 20.2. The van der Waals surface area contributed by atoms with Gasteiger partial charge in [0, 0.05) is 29.4 Å². The number of rotatable bonds is 7. The van der Waals surface area contributed by atoms with Crippen LogP contribution >= 0.6 is 11.6 Å². The van der Waals surface area contributed by atoms with Gasteiger partial charge in [0.25, 0.3) is 5.91 Å². The number of halogens is 1. The first-order valence-corrected chi connectivity index (χ1v) is 11.8. The molecule has 1 aliphatic carbocycles. The van der Waals surface area contributed by atoms with Gasteiger partial charge in [0.1, 0.15) is 5.69 Å². The quantitative estimate of drug-likeness (QED) is 0.479. The van der Waals surface area contributed by atoms with Crippen molar-refractivity contribution in [3.63, 3.8) is 0 Å². The molecule has 0 aliphatic heterocycles. The molecule has 1 aromatic heterocycles. The lowest BCUT2D eigenvalue weighted by Gasteiger charge is -2.27. The van der Waals surface area contributed by atoms with Crippen LogP contribution in [0.15, 0.2) is 60.8 Å². The van der Waals surface area contributed by atoms with Crippen LogP contribution in [-0.4, -0.2) is 28.4 Å². The number of carbonyl (C=O) groups excluding carboxylic acids is 2. The van der Waals surface area contributed by atoms with Gasteiger partial charge in [-0.15, -0.1) is 0 Å². The number of primary amides is 1. The minimum atomic E-state index is -0.758. The van der Waals surface area contributed by atoms with Crippen molar-refractivity contribution < 1.29 is 9.59 Å². The van der Waals surface area contributed by atoms with E-state index in [1.165, 1.54) is 11.1 Å². The van der Waals surface area contributed by atoms with Gasteiger partial charge in [-0.3, -0.25) is 19.9 Å². The molecule has 1 unspecified atom stereocenters. The molecule has 4 N–H and O–H groups in total. The van der Waals surface area contributed by atoms with Gasteiger partial charge >= 0.3 is 0 Å². The van der Waals surface area contributed by atoms with E-state index in [2.05, 4.69) is 33.8 Å². The number of pyridine rings is 1. The summed E-state index contributed by atoms with van der Waals surface area (Å²) in [5.41, 5.74) is 10.7. The minimum Gasteiger partial charge on any atom is -0.368 e. The van der Waals surface area contributed by atoms with E-state index >= 15 is 0 Å². The molecule has 1 heterocycles. The summed E-state index contributed by atoms with van der Waals surface area (Å²) in [7, 11) is 0. The fourth-order valence-corrected chi connectivity index (χ4v) is 4.18. The normalized spacial score (nSPS) is 15.4. The Labute approximate surface area is 204 Å². The summed E-state index contributed by atoms with van der Waals surface area (Å²) in [6.45, 7) is 4.13. The van der Waals surface area contributed by atoms with Crippen molar-refractivity contribution in [1.82, 2.24) is 15.6 Å². The van der Waals surface area contributed by atoms with Crippen molar-refractivity contribution in [3.05, 3.63) is 88.2 Å². The van der Waals surface area contributed by atoms with E-state index in [1.807, 2.05) is 30.3 Å². The molecular weight excluding hydrogens is 448 g/mol. The molecule has 6 nitrogen and oxygen atoms in total. The van der Waals surface area contributed by atoms with Crippen molar-refractivity contribution in [1.29, 1.82) is 0 Å². The average molecular weight is 477 g/mol. The highest BCUT2D eigenvalue weighted by atomic mass is 35.5. The molecule has 1 atom stereocenters. The second-order valence-corrected chi connectivity index (χ2v) is 9.73. The first kappa shape index (κ1) is 23.9. The predicted molar refractivity (Wildman–Crippen MR) is 135 cm³/mol. The van der Waals surface area contributed by atoms with E-state index in [1.54, 1.807) is 26.1 Å². The topological polar surface area (TPSA) is 97.1 Å². The first-order valence-electron chi connectivity index (χ1n) is 11.4. The predicted octanol–water partition coefficient (Wildman–Crippen LogP) is 4.04. The summed E-state index contributed by atoms with van der Waals surface area (Å²) in [5, 5.41) is 7.02. The fraction of sp³-hybridized carbons (Fsp3) is 0.296. The Morgan fingerprint density at radius 3 is 2.47 bits per heavy atom. The number of hydrogen-bond donors (Lipinski definition) is 3. The van der Waals surface area contributed by atoms with E-state index in [0.29, 0.717) is 17.3 Å². The molecule has 2 aromatic carbocycles. The molecule has 0 spiro atoms. The highest BCUT2D eigenvalue weighted by molar-refractivity contribution is 6.30. The van der Waals surface area contributed by atoms with Gasteiger partial charge in [-0.2, -0.15) is 0 Å². The Morgan fingerprint density at radius 1 is 1.06 bits per heavy atom. The van der Waals surface area contributed by atoms with E-state index in [0.717, 1.165) is 36.0 Å². The third-order valence-corrected chi connectivity index (χ3v) is 6.61. The Kier molecular flexibility index (Phi) is 7.00. The van der Waals surface area contributed by atoms with Crippen LogP contribution in [0.25, 0.3) is 11.1 Å². The van der Waals surface area contributed by atoms with Gasteiger partial charge in [-0.25, -0.2) is 0 Å². The zero-order chi connectivity index (χ0) is 24.3. The Hall–Kier alpha value is -3.22. The number of nitrogens with one attached hydrogen (secondary N) is 2. The lowest BCUT2D eigenvalue weighted by atomic mass is 9.87. The molecular formula is C27H29ClN4O2. The van der Waals surface area contributed by atoms with Crippen LogP contribution in [0.1, 0.15) is 47.4 Å². The number of nitrogens with two attached hydrogens (primary N) is 1. The molecule has 0 saturated heterocycles. The highest BCUT2D eigenvalue weighted by Crippen LogP contribution is 2.24. The largest absolute Gasteiger partial charge is 0.368 e. The van der Waals surface area contributed by atoms with E-state index in [4.69, 9.17) is 17.3 Å².